The lowest BCUT2D eigenvalue weighted by molar-refractivity contribution is -0.136. The Kier molecular flexibility index (Phi) is 8.15. The summed E-state index contributed by atoms with van der Waals surface area (Å²) >= 11 is 0. The van der Waals surface area contributed by atoms with Crippen LogP contribution in [-0.4, -0.2) is 48.5 Å². The first-order chi connectivity index (χ1) is 11.0. The highest BCUT2D eigenvalue weighted by atomic mass is 16.5. The van der Waals surface area contributed by atoms with Crippen molar-refractivity contribution in [1.29, 1.82) is 0 Å². The Morgan fingerprint density at radius 3 is 2.91 bits per heavy atom. The first-order valence-corrected chi connectivity index (χ1v) is 8.09. The molecule has 1 saturated heterocycles. The number of likely N-dealkylation sites (tertiary alicyclic amines) is 1. The molecule has 0 aliphatic carbocycles. The van der Waals surface area contributed by atoms with E-state index in [1.54, 1.807) is 4.90 Å². The maximum Gasteiger partial charge on any atom is 0.407 e. The standard InChI is InChI=1S/C16H27N3O4/c1-3-6-12-10-14(20)19(11-12)13(15(17)21)7-5-8-18-16(22)23-9-4-2/h4,12-13H,2-3,5-11H2,1H3,(H2,17,21)(H,18,22). The molecule has 0 aromatic rings. The predicted molar refractivity (Wildman–Crippen MR) is 86.5 cm³/mol. The molecule has 130 valence electrons. The first kappa shape index (κ1) is 19.0. The van der Waals surface area contributed by atoms with E-state index in [2.05, 4.69) is 18.8 Å². The summed E-state index contributed by atoms with van der Waals surface area (Å²) < 4.78 is 4.78. The van der Waals surface area contributed by atoms with Crippen LogP contribution in [0.3, 0.4) is 0 Å². The molecule has 1 aliphatic rings. The van der Waals surface area contributed by atoms with Crippen molar-refractivity contribution in [1.82, 2.24) is 10.2 Å². The highest BCUT2D eigenvalue weighted by molar-refractivity contribution is 5.87. The smallest absolute Gasteiger partial charge is 0.407 e. The molecule has 23 heavy (non-hydrogen) atoms. The third kappa shape index (κ3) is 6.30. The molecule has 0 bridgehead atoms. The van der Waals surface area contributed by atoms with Gasteiger partial charge in [0.25, 0.3) is 0 Å². The van der Waals surface area contributed by atoms with Gasteiger partial charge < -0.3 is 20.7 Å². The predicted octanol–water partition coefficient (Wildman–Crippen LogP) is 1.18. The van der Waals surface area contributed by atoms with Gasteiger partial charge in [-0.3, -0.25) is 9.59 Å². The molecule has 3 amide bonds. The summed E-state index contributed by atoms with van der Waals surface area (Å²) in [4.78, 5) is 36.6. The minimum absolute atomic E-state index is 0.00870. The number of carbonyl (C=O) groups excluding carboxylic acids is 3. The Morgan fingerprint density at radius 1 is 1.57 bits per heavy atom. The molecule has 7 nitrogen and oxygen atoms in total. The number of nitrogens with two attached hydrogens (primary N) is 1. The minimum Gasteiger partial charge on any atom is -0.445 e. The second kappa shape index (κ2) is 9.86. The van der Waals surface area contributed by atoms with Crippen molar-refractivity contribution in [2.75, 3.05) is 19.7 Å². The molecule has 1 rings (SSSR count). The lowest BCUT2D eigenvalue weighted by Gasteiger charge is -2.25. The number of hydrogen-bond donors (Lipinski definition) is 2. The average molecular weight is 325 g/mol. The largest absolute Gasteiger partial charge is 0.445 e. The molecule has 3 N–H and O–H groups in total. The van der Waals surface area contributed by atoms with Crippen molar-refractivity contribution in [2.45, 2.75) is 45.1 Å². The van der Waals surface area contributed by atoms with Crippen LogP contribution in [0.4, 0.5) is 4.79 Å². The maximum absolute atomic E-state index is 12.1. The molecule has 2 atom stereocenters. The highest BCUT2D eigenvalue weighted by Gasteiger charge is 2.35. The Bertz CT molecular complexity index is 439. The molecule has 0 saturated carbocycles. The van der Waals surface area contributed by atoms with E-state index in [0.29, 0.717) is 38.3 Å². The second-order valence-electron chi connectivity index (χ2n) is 5.78. The number of nitrogens with zero attached hydrogens (tertiary/aromatic N) is 1. The zero-order chi connectivity index (χ0) is 17.2. The van der Waals surface area contributed by atoms with E-state index < -0.39 is 18.0 Å². The molecular weight excluding hydrogens is 298 g/mol. The Morgan fingerprint density at radius 2 is 2.30 bits per heavy atom. The molecular formula is C16H27N3O4. The van der Waals surface area contributed by atoms with Crippen LogP contribution in [0, 0.1) is 5.92 Å². The molecule has 0 aromatic heterocycles. The van der Waals surface area contributed by atoms with Crippen molar-refractivity contribution in [2.24, 2.45) is 11.7 Å². The normalized spacial score (nSPS) is 18.6. The fourth-order valence-corrected chi connectivity index (χ4v) is 2.83. The Labute approximate surface area is 137 Å². The number of amides is 3. The molecule has 1 fully saturated rings. The second-order valence-corrected chi connectivity index (χ2v) is 5.78. The van der Waals surface area contributed by atoms with Crippen molar-refractivity contribution in [3.8, 4) is 0 Å². The molecule has 2 unspecified atom stereocenters. The van der Waals surface area contributed by atoms with E-state index in [4.69, 9.17) is 10.5 Å². The summed E-state index contributed by atoms with van der Waals surface area (Å²) in [6, 6.07) is -0.602. The van der Waals surface area contributed by atoms with Crippen LogP contribution in [0.1, 0.15) is 39.0 Å². The molecule has 1 heterocycles. The van der Waals surface area contributed by atoms with E-state index >= 15 is 0 Å². The van der Waals surface area contributed by atoms with Gasteiger partial charge in [0.1, 0.15) is 12.6 Å². The van der Waals surface area contributed by atoms with E-state index in [0.717, 1.165) is 12.8 Å². The summed E-state index contributed by atoms with van der Waals surface area (Å²) in [7, 11) is 0. The van der Waals surface area contributed by atoms with Gasteiger partial charge >= 0.3 is 6.09 Å². The summed E-state index contributed by atoms with van der Waals surface area (Å²) in [5.41, 5.74) is 5.45. The fraction of sp³-hybridized carbons (Fsp3) is 0.688. The third-order valence-electron chi connectivity index (χ3n) is 3.90. The van der Waals surface area contributed by atoms with Gasteiger partial charge in [-0.15, -0.1) is 0 Å². The number of primary amides is 1. The maximum atomic E-state index is 12.1. The Balaban J connectivity index is 2.41. The lowest BCUT2D eigenvalue weighted by atomic mass is 10.0. The van der Waals surface area contributed by atoms with Gasteiger partial charge in [-0.2, -0.15) is 0 Å². The van der Waals surface area contributed by atoms with Gasteiger partial charge in [0, 0.05) is 19.5 Å². The van der Waals surface area contributed by atoms with Gasteiger partial charge in [0.05, 0.1) is 0 Å². The number of carbonyl (C=O) groups is 3. The van der Waals surface area contributed by atoms with E-state index in [1.807, 2.05) is 0 Å². The topological polar surface area (TPSA) is 102 Å². The van der Waals surface area contributed by atoms with Crippen molar-refractivity contribution >= 4 is 17.9 Å². The number of hydrogen-bond acceptors (Lipinski definition) is 4. The highest BCUT2D eigenvalue weighted by Crippen LogP contribution is 2.25. The summed E-state index contributed by atoms with van der Waals surface area (Å²) in [5, 5.41) is 2.58. The summed E-state index contributed by atoms with van der Waals surface area (Å²) in [5.74, 6) is -0.198. The van der Waals surface area contributed by atoms with Crippen molar-refractivity contribution < 1.29 is 19.1 Å². The average Bonchev–Trinajstić information content (AvgIpc) is 2.85. The van der Waals surface area contributed by atoms with Crippen LogP contribution in [0.25, 0.3) is 0 Å². The number of ether oxygens (including phenoxy) is 1. The monoisotopic (exact) mass is 325 g/mol. The van der Waals surface area contributed by atoms with Crippen LogP contribution in [0.2, 0.25) is 0 Å². The summed E-state index contributed by atoms with van der Waals surface area (Å²) in [6.45, 7) is 6.63. The van der Waals surface area contributed by atoms with Crippen molar-refractivity contribution in [3.63, 3.8) is 0 Å². The summed E-state index contributed by atoms with van der Waals surface area (Å²) in [6.07, 6.45) is 4.41. The van der Waals surface area contributed by atoms with Crippen LogP contribution >= 0.6 is 0 Å². The van der Waals surface area contributed by atoms with E-state index in [9.17, 15) is 14.4 Å². The minimum atomic E-state index is -0.602. The molecule has 0 spiro atoms. The van der Waals surface area contributed by atoms with Gasteiger partial charge in [-0.1, -0.05) is 26.0 Å². The van der Waals surface area contributed by atoms with Gasteiger partial charge in [-0.05, 0) is 25.2 Å². The zero-order valence-electron chi connectivity index (χ0n) is 13.8. The lowest BCUT2D eigenvalue weighted by Crippen LogP contribution is -2.46. The first-order valence-electron chi connectivity index (χ1n) is 8.09. The molecule has 7 heteroatoms. The van der Waals surface area contributed by atoms with Crippen LogP contribution in [-0.2, 0) is 14.3 Å². The van der Waals surface area contributed by atoms with Gasteiger partial charge in [0.15, 0.2) is 0 Å². The van der Waals surface area contributed by atoms with E-state index in [1.165, 1.54) is 6.08 Å². The van der Waals surface area contributed by atoms with Gasteiger partial charge in [-0.25, -0.2) is 4.79 Å². The fourth-order valence-electron chi connectivity index (χ4n) is 2.83. The van der Waals surface area contributed by atoms with Gasteiger partial charge in [0.2, 0.25) is 11.8 Å². The van der Waals surface area contributed by atoms with Crippen LogP contribution in [0.5, 0.6) is 0 Å². The van der Waals surface area contributed by atoms with Crippen molar-refractivity contribution in [3.05, 3.63) is 12.7 Å². The quantitative estimate of drug-likeness (QED) is 0.465. The molecule has 0 radical (unpaired) electrons. The number of nitrogens with one attached hydrogen (secondary N) is 1. The zero-order valence-corrected chi connectivity index (χ0v) is 13.8. The number of alkyl carbamates (subject to hydrolysis) is 1. The van der Waals surface area contributed by atoms with Crippen LogP contribution < -0.4 is 11.1 Å². The molecule has 0 aromatic carbocycles. The Hall–Kier alpha value is -2.05. The molecule has 1 aliphatic heterocycles. The number of rotatable bonds is 10. The SMILES string of the molecule is C=CCOC(=O)NCCCC(C(N)=O)N1CC(CCC)CC1=O. The van der Waals surface area contributed by atoms with Crippen LogP contribution in [0.15, 0.2) is 12.7 Å². The third-order valence-corrected chi connectivity index (χ3v) is 3.90. The van der Waals surface area contributed by atoms with E-state index in [-0.39, 0.29) is 12.5 Å².